The van der Waals surface area contributed by atoms with E-state index in [-0.39, 0.29) is 82.4 Å². The van der Waals surface area contributed by atoms with Gasteiger partial charge in [-0.1, -0.05) is 258 Å². The molecule has 143 heavy (non-hydrogen) atoms. The number of carboxylic acids is 1. The number of methoxy groups -OCH3 is 5. The number of carbonyl (C=O) groups is 7. The molecule has 7 amide bonds. The molecular weight excluding hydrogens is 2170 g/mol. The minimum Gasteiger partial charge on any atom is -0.508 e. The van der Waals surface area contributed by atoms with Gasteiger partial charge < -0.3 is 72.6 Å². The zero-order valence-corrected chi connectivity index (χ0v) is 85.7. The molecule has 0 bridgehead atoms. The second-order valence-corrected chi connectivity index (χ2v) is 36.8. The number of phenols is 2. The number of carboxylic acid groups (broad SMARTS) is 1. The number of imide groups is 1. The van der Waals surface area contributed by atoms with Gasteiger partial charge in [0, 0.05) is 60.4 Å². The molecule has 0 saturated carbocycles. The summed E-state index contributed by atoms with van der Waals surface area (Å²) in [6.07, 6.45) is 0. The summed E-state index contributed by atoms with van der Waals surface area (Å²) < 4.78 is 30.5. The minimum absolute atomic E-state index is 0. The summed E-state index contributed by atoms with van der Waals surface area (Å²) >= 11 is 22.4. The number of nitrogens with two attached hydrogens (primary N) is 4. The molecule has 13 aromatic rings. The Morgan fingerprint density at radius 2 is 0.636 bits per heavy atom. The zero-order valence-electron chi connectivity index (χ0n) is 77.0. The number of halogens is 6. The Balaban J connectivity index is 0.000000210. The Labute approximate surface area is 877 Å². The van der Waals surface area contributed by atoms with Crippen molar-refractivity contribution in [3.63, 3.8) is 0 Å². The van der Waals surface area contributed by atoms with Gasteiger partial charge in [-0.3, -0.25) is 53.6 Å². The highest BCUT2D eigenvalue weighted by Crippen LogP contribution is 2.47. The van der Waals surface area contributed by atoms with Crippen molar-refractivity contribution < 1.29 is 78.7 Å². The molecule has 13 aromatic carbocycles. The molecule has 0 spiro atoms. The molecule has 0 aliphatic carbocycles. The van der Waals surface area contributed by atoms with Crippen LogP contribution in [0.5, 0.6) is 40.2 Å². The summed E-state index contributed by atoms with van der Waals surface area (Å²) in [7, 11) is 14.4. The van der Waals surface area contributed by atoms with E-state index in [4.69, 9.17) is 58.8 Å². The molecule has 5 heterocycles. The number of carbonyl (C=O) groups excluding carboxylic acids is 6. The Hall–Kier alpha value is -14.6. The molecule has 0 aromatic heterocycles. The molecule has 37 heteroatoms. The van der Waals surface area contributed by atoms with Gasteiger partial charge in [0.15, 0.2) is 56.2 Å². The standard InChI is InChI=1S/C23H21N3O3.C17H16BrN3O2.C17H15BrN2O2S.C16H14BrN3O2.C16H13BrN2O3.C15H14BrNO3.2CH4.B.FH.H2/c1-26-21(28)23(25-22(26)24,18-9-5-10-19(27)14-18)17-8-3-6-15(12-17)16-7-4-11-20(13-16)29-2;1-21-15(22)17(20-16(21)19,11-5-3-7-13(18)9-11)12-6-4-8-14(10-12)23-2;1-20-15(21)17(19-16(20)23,11-5-3-7-13(18)9-11)12-6-4-8-14(10-12)22-2;1-20-14(22)16(19-15(20)18,10-4-2-6-12(17)8-10)11-5-3-7-13(21)9-11;1-22-13-7-3-5-11(9-13)16(14(20)18-15(21)19-16)10-4-2-6-12(17)8-10;1-20-13-7-3-5-11(9-13)15(17,14(18)19)10-4-2-6-12(16)8-10;;;;;/h3-14,27H,1-2H3,(H2,24,25);3-10H,1-2H3,(H2,19,20);3-10H,1-2H3,(H,19,23);2-9,21H,1H3,(H2,18,19);2-9H,1H3,(H2,18,19,20,21);2-9H,17H2,1H3,(H,18,19);2*1H4;;2*1H/i;;;;;;;;;;1+1. The summed E-state index contributed by atoms with van der Waals surface area (Å²) in [6, 6.07) is 93.4. The Kier molecular flexibility index (Phi) is 37.1. The number of ether oxygens (including phenoxy) is 5. The van der Waals surface area contributed by atoms with Crippen molar-refractivity contribution in [3.05, 3.63) is 405 Å². The number of aliphatic imine (C=N–C) groups is 3. The number of amides is 7. The van der Waals surface area contributed by atoms with E-state index in [2.05, 4.69) is 111 Å². The van der Waals surface area contributed by atoms with Crippen LogP contribution in [0.4, 0.5) is 9.50 Å². The Bertz CT molecular complexity index is 7020. The van der Waals surface area contributed by atoms with Gasteiger partial charge in [0.05, 0.1) is 35.5 Å². The first-order valence-electron chi connectivity index (χ1n) is 42.3. The lowest BCUT2D eigenvalue weighted by atomic mass is 9.81. The van der Waals surface area contributed by atoms with E-state index in [1.807, 2.05) is 194 Å². The fraction of sp³-hybridized carbons (Fsp3) is 0.160. The number of guanidine groups is 3. The second-order valence-electron chi connectivity index (χ2n) is 31.8. The summed E-state index contributed by atoms with van der Waals surface area (Å²) in [6.45, 7) is 0. The number of urea groups is 1. The van der Waals surface area contributed by atoms with Crippen LogP contribution in [0.15, 0.2) is 353 Å². The molecule has 6 atom stereocenters. The Morgan fingerprint density at radius 3 is 0.972 bits per heavy atom. The van der Waals surface area contributed by atoms with E-state index in [1.54, 1.807) is 172 Å². The first-order valence-corrected chi connectivity index (χ1v) is 46.7. The molecule has 3 radical (unpaired) electrons. The molecular formula is C106H104BBr5FN14O15S. The average molecular weight is 2280 g/mol. The normalized spacial score (nSPS) is 18.7. The quantitative estimate of drug-likeness (QED) is 0.0204. The smallest absolute Gasteiger partial charge is 0.333 e. The molecule has 2 fully saturated rings. The van der Waals surface area contributed by atoms with Crippen LogP contribution in [-0.4, -0.2) is 172 Å². The number of nitrogens with one attached hydrogen (secondary N) is 3. The van der Waals surface area contributed by atoms with E-state index >= 15 is 0 Å². The van der Waals surface area contributed by atoms with Crippen molar-refractivity contribution >= 4 is 165 Å². The maximum Gasteiger partial charge on any atom is 0.333 e. The molecule has 6 unspecified atom stereocenters. The largest absolute Gasteiger partial charge is 0.508 e. The Morgan fingerprint density at radius 1 is 0.364 bits per heavy atom. The molecule has 18 rings (SSSR count). The summed E-state index contributed by atoms with van der Waals surface area (Å²) in [5, 5.41) is 38.1. The number of rotatable bonds is 19. The fourth-order valence-electron chi connectivity index (χ4n) is 16.4. The number of thiocarbonyl (C=S) groups is 1. The molecule has 2 saturated heterocycles. The van der Waals surface area contributed by atoms with Gasteiger partial charge in [-0.2, -0.15) is 0 Å². The number of phenolic OH excluding ortho intramolecular Hbond substituents is 2. The first kappa shape index (κ1) is 112. The van der Waals surface area contributed by atoms with E-state index in [0.717, 1.165) is 55.9 Å². The first-order chi connectivity index (χ1) is 66.4. The highest BCUT2D eigenvalue weighted by atomic mass is 79.9. The van der Waals surface area contributed by atoms with Crippen molar-refractivity contribution in [2.24, 2.45) is 37.9 Å². The number of hydrogen-bond donors (Lipinski definition) is 10. The lowest BCUT2D eigenvalue weighted by Gasteiger charge is -2.28. The van der Waals surface area contributed by atoms with Gasteiger partial charge in [0.2, 0.25) is 0 Å². The van der Waals surface area contributed by atoms with Crippen LogP contribution in [0.1, 0.15) is 83.0 Å². The number of likely N-dealkylation sites (N-methyl/N-ethyl adjacent to an activating group) is 4. The topological polar surface area (TPSA) is 417 Å². The van der Waals surface area contributed by atoms with Gasteiger partial charge in [0.25, 0.3) is 29.5 Å². The third-order valence-electron chi connectivity index (χ3n) is 23.7. The van der Waals surface area contributed by atoms with Crippen LogP contribution >= 0.6 is 91.9 Å². The van der Waals surface area contributed by atoms with E-state index in [9.17, 15) is 48.9 Å². The molecule has 14 N–H and O–H groups in total. The number of nitrogens with zero attached hydrogens (tertiary/aromatic N) is 7. The molecule has 5 aliphatic rings. The number of aromatic hydroxyl groups is 2. The highest BCUT2D eigenvalue weighted by Gasteiger charge is 2.55. The van der Waals surface area contributed by atoms with Gasteiger partial charge in [-0.05, 0) is 242 Å². The van der Waals surface area contributed by atoms with E-state index < -0.39 is 51.1 Å². The lowest BCUT2D eigenvalue weighted by molar-refractivity contribution is -0.142. The maximum absolute atomic E-state index is 13.3. The van der Waals surface area contributed by atoms with Crippen molar-refractivity contribution in [3.8, 4) is 51.4 Å². The highest BCUT2D eigenvalue weighted by molar-refractivity contribution is 9.11. The molecule has 29 nitrogen and oxygen atoms in total. The third-order valence-corrected chi connectivity index (χ3v) is 26.5. The van der Waals surface area contributed by atoms with E-state index in [1.165, 1.54) is 32.8 Å². The van der Waals surface area contributed by atoms with Crippen molar-refractivity contribution in [1.82, 2.24) is 35.6 Å². The average Bonchev–Trinajstić information content (AvgIpc) is 1.58. The maximum atomic E-state index is 13.3. The predicted molar refractivity (Wildman–Crippen MR) is 576 cm³/mol. The second kappa shape index (κ2) is 47.3. The zero-order chi connectivity index (χ0) is 100. The van der Waals surface area contributed by atoms with E-state index in [0.29, 0.717) is 78.2 Å². The van der Waals surface area contributed by atoms with Crippen LogP contribution in [0.2, 0.25) is 0 Å². The van der Waals surface area contributed by atoms with Crippen LogP contribution in [-0.2, 0) is 62.0 Å². The number of aliphatic carboxylic acids is 1. The van der Waals surface area contributed by atoms with Crippen molar-refractivity contribution in [2.75, 3.05) is 63.7 Å². The van der Waals surface area contributed by atoms with Gasteiger partial charge >= 0.3 is 12.0 Å². The SMILES string of the molecule is C.C.CN1C(=O)C(c2cccc(O)c2)(c2cccc(Br)c2)N=C1N.COc1cccc(-c2cccc(C3(c4cccc(O)c4)N=C(N)N(C)C3=O)c2)c1.COc1cccc(C(N)(C(=O)O)c2cccc(Br)c2)c1.COc1cccc(C2(c3cccc(Br)c3)N=C(N)N(C)C2=O)c1.COc1cccc(C2(c3cccc(Br)c3)NC(=O)NC2=O)c1.COc1cccc(C2(c3cccc(Br)c3)NC(=S)N(C)C2=O)c1.F.[2HH].[B]. The summed E-state index contributed by atoms with van der Waals surface area (Å²) in [5.74, 6) is 1.49. The minimum atomic E-state index is -1.63. The van der Waals surface area contributed by atoms with Gasteiger partial charge in [-0.15, -0.1) is 0 Å². The van der Waals surface area contributed by atoms with Crippen LogP contribution < -0.4 is 62.6 Å². The molecule has 739 valence electrons. The number of benzene rings is 13. The number of hydrogen-bond acceptors (Lipinski definition) is 22. The van der Waals surface area contributed by atoms with Crippen LogP contribution in [0, 0.1) is 0 Å². The monoisotopic (exact) mass is 2270 g/mol. The van der Waals surface area contributed by atoms with Crippen LogP contribution in [0.25, 0.3) is 11.1 Å². The van der Waals surface area contributed by atoms with Crippen molar-refractivity contribution in [2.45, 2.75) is 48.1 Å². The van der Waals surface area contributed by atoms with Gasteiger partial charge in [-0.25, -0.2) is 24.6 Å². The predicted octanol–water partition coefficient (Wildman–Crippen LogP) is 17.4. The lowest BCUT2D eigenvalue weighted by Crippen LogP contribution is -2.45. The van der Waals surface area contributed by atoms with Crippen LogP contribution in [0.3, 0.4) is 0 Å². The third kappa shape index (κ3) is 22.5. The summed E-state index contributed by atoms with van der Waals surface area (Å²) in [5.41, 5.74) is 25.9. The summed E-state index contributed by atoms with van der Waals surface area (Å²) in [4.78, 5) is 107. The fourth-order valence-corrected chi connectivity index (χ4v) is 18.6. The van der Waals surface area contributed by atoms with Crippen molar-refractivity contribution in [1.29, 1.82) is 0 Å². The van der Waals surface area contributed by atoms with Gasteiger partial charge in [0.1, 0.15) is 40.2 Å². The molecule has 5 aliphatic heterocycles.